The molecule has 2 nitrogen and oxygen atoms in total. The lowest BCUT2D eigenvalue weighted by Gasteiger charge is -2.07. The van der Waals surface area contributed by atoms with E-state index in [1.54, 1.807) is 0 Å². The predicted molar refractivity (Wildman–Crippen MR) is 22.0 cm³/mol. The van der Waals surface area contributed by atoms with Gasteiger partial charge in [-0.05, 0) is 0 Å². The summed E-state index contributed by atoms with van der Waals surface area (Å²) in [6.07, 6.45) is 1.47. The van der Waals surface area contributed by atoms with Crippen LogP contribution in [0, 0.1) is 0 Å². The third kappa shape index (κ3) is 0.607. The van der Waals surface area contributed by atoms with Gasteiger partial charge in [-0.2, -0.15) is 0 Å². The van der Waals surface area contributed by atoms with Crippen molar-refractivity contribution >= 4 is 5.78 Å². The molecule has 1 aliphatic carbocycles. The van der Waals surface area contributed by atoms with E-state index >= 15 is 0 Å². The highest BCUT2D eigenvalue weighted by Gasteiger charge is 2.13. The Labute approximate surface area is 40.0 Å². The number of halogens is 1. The van der Waals surface area contributed by atoms with E-state index in [4.69, 9.17) is 0 Å². The summed E-state index contributed by atoms with van der Waals surface area (Å²) in [4.78, 5) is 9.99. The first kappa shape index (κ1) is 4.30. The average Bonchev–Trinajstić information content (AvgIpc) is 1.58. The Morgan fingerprint density at radius 2 is 2.43 bits per heavy atom. The van der Waals surface area contributed by atoms with Gasteiger partial charge in [0.2, 0.25) is 0 Å². The zero-order valence-electron chi connectivity index (χ0n) is 3.57. The van der Waals surface area contributed by atoms with Crippen LogP contribution in [0.4, 0.5) is 4.48 Å². The number of carbonyl (C=O) groups is 1. The van der Waals surface area contributed by atoms with E-state index in [-0.39, 0.29) is 12.2 Å². The quantitative estimate of drug-likeness (QED) is 0.482. The van der Waals surface area contributed by atoms with Gasteiger partial charge in [-0.25, -0.2) is 5.54 Å². The molecule has 1 N–H and O–H groups in total. The fourth-order valence-corrected chi connectivity index (χ4v) is 0.414. The Morgan fingerprint density at radius 1 is 1.86 bits per heavy atom. The third-order valence-electron chi connectivity index (χ3n) is 0.821. The molecule has 0 atom stereocenters. The van der Waals surface area contributed by atoms with Crippen LogP contribution in [0.2, 0.25) is 0 Å². The van der Waals surface area contributed by atoms with Crippen LogP contribution in [-0.4, -0.2) is 5.78 Å². The molecular formula is C4H4FNO. The summed E-state index contributed by atoms with van der Waals surface area (Å²) < 4.78 is 11.1. The number of rotatable bonds is 1. The summed E-state index contributed by atoms with van der Waals surface area (Å²) in [6.45, 7) is 0. The van der Waals surface area contributed by atoms with E-state index in [1.165, 1.54) is 11.6 Å². The maximum absolute atomic E-state index is 11.1. The van der Waals surface area contributed by atoms with Crippen molar-refractivity contribution in [1.29, 1.82) is 0 Å². The smallest absolute Gasteiger partial charge is 0.163 e. The van der Waals surface area contributed by atoms with Crippen molar-refractivity contribution in [3.05, 3.63) is 11.8 Å². The molecule has 1 aliphatic rings. The highest BCUT2D eigenvalue weighted by molar-refractivity contribution is 5.98. The summed E-state index contributed by atoms with van der Waals surface area (Å²) in [5.74, 6) is -0.0137. The third-order valence-corrected chi connectivity index (χ3v) is 0.821. The van der Waals surface area contributed by atoms with Gasteiger partial charge in [-0.3, -0.25) is 4.79 Å². The topological polar surface area (TPSA) is 29.1 Å². The largest absolute Gasteiger partial charge is 0.294 e. The van der Waals surface area contributed by atoms with Crippen LogP contribution < -0.4 is 5.54 Å². The zero-order valence-corrected chi connectivity index (χ0v) is 3.57. The molecule has 0 bridgehead atoms. The predicted octanol–water partition coefficient (Wildman–Crippen LogP) is 0.317. The van der Waals surface area contributed by atoms with Crippen LogP contribution in [0.3, 0.4) is 0 Å². The first-order valence-electron chi connectivity index (χ1n) is 1.93. The van der Waals surface area contributed by atoms with Crippen molar-refractivity contribution in [3.63, 3.8) is 0 Å². The van der Waals surface area contributed by atoms with Gasteiger partial charge in [0.15, 0.2) is 5.78 Å². The number of hydrogen-bond acceptors (Lipinski definition) is 2. The summed E-state index contributed by atoms with van der Waals surface area (Å²) in [5.41, 5.74) is 1.75. The minimum Gasteiger partial charge on any atom is -0.294 e. The molecule has 0 radical (unpaired) electrons. The molecular weight excluding hydrogens is 97.0 g/mol. The molecule has 0 aliphatic heterocycles. The van der Waals surface area contributed by atoms with Crippen LogP contribution in [-0.2, 0) is 4.79 Å². The van der Waals surface area contributed by atoms with E-state index in [2.05, 4.69) is 0 Å². The van der Waals surface area contributed by atoms with Gasteiger partial charge in [0.25, 0.3) is 0 Å². The van der Waals surface area contributed by atoms with Crippen LogP contribution >= 0.6 is 0 Å². The molecule has 0 aromatic heterocycles. The van der Waals surface area contributed by atoms with Crippen molar-refractivity contribution in [2.24, 2.45) is 0 Å². The van der Waals surface area contributed by atoms with Gasteiger partial charge in [-0.15, -0.1) is 4.48 Å². The molecule has 1 rings (SSSR count). The summed E-state index contributed by atoms with van der Waals surface area (Å²) >= 11 is 0. The van der Waals surface area contributed by atoms with Crippen LogP contribution in [0.25, 0.3) is 0 Å². The van der Waals surface area contributed by atoms with Crippen LogP contribution in [0.5, 0.6) is 0 Å². The van der Waals surface area contributed by atoms with Crippen LogP contribution in [0.15, 0.2) is 11.8 Å². The summed E-state index contributed by atoms with van der Waals surface area (Å²) in [7, 11) is 0. The van der Waals surface area contributed by atoms with Gasteiger partial charge in [0.05, 0.1) is 12.1 Å². The lowest BCUT2D eigenvalue weighted by atomic mass is 10.1. The molecule has 0 amide bonds. The standard InChI is InChI=1S/C4H4FNO/c5-6-3-1-4(7)2-3/h1,6H,2H2. The average molecular weight is 101 g/mol. The molecule has 0 saturated heterocycles. The fourth-order valence-electron chi connectivity index (χ4n) is 0.414. The summed E-state index contributed by atoms with van der Waals surface area (Å²) in [6, 6.07) is 0. The van der Waals surface area contributed by atoms with Crippen molar-refractivity contribution in [2.45, 2.75) is 6.42 Å². The highest BCUT2D eigenvalue weighted by atomic mass is 19.2. The second kappa shape index (κ2) is 1.33. The van der Waals surface area contributed by atoms with Crippen molar-refractivity contribution in [1.82, 2.24) is 5.54 Å². The van der Waals surface area contributed by atoms with Gasteiger partial charge in [0, 0.05) is 6.08 Å². The highest BCUT2D eigenvalue weighted by Crippen LogP contribution is 2.09. The number of allylic oxidation sites excluding steroid dienone is 2. The fraction of sp³-hybridized carbons (Fsp3) is 0.250. The Hall–Kier alpha value is -0.860. The minimum absolute atomic E-state index is 0.0137. The van der Waals surface area contributed by atoms with Crippen LogP contribution in [0.1, 0.15) is 6.42 Å². The molecule has 7 heavy (non-hydrogen) atoms. The number of ketones is 1. The van der Waals surface area contributed by atoms with E-state index in [1.807, 2.05) is 0 Å². The zero-order chi connectivity index (χ0) is 5.28. The number of carbonyl (C=O) groups excluding carboxylic acids is 1. The maximum Gasteiger partial charge on any atom is 0.163 e. The van der Waals surface area contributed by atoms with Gasteiger partial charge >= 0.3 is 0 Å². The van der Waals surface area contributed by atoms with E-state index in [9.17, 15) is 9.28 Å². The van der Waals surface area contributed by atoms with Crippen molar-refractivity contribution in [2.75, 3.05) is 0 Å². The lowest BCUT2D eigenvalue weighted by molar-refractivity contribution is -0.115. The Morgan fingerprint density at radius 3 is 2.57 bits per heavy atom. The van der Waals surface area contributed by atoms with Crippen molar-refractivity contribution < 1.29 is 9.28 Å². The first-order valence-corrected chi connectivity index (χ1v) is 1.93. The molecule has 0 aromatic rings. The monoisotopic (exact) mass is 101 g/mol. The Bertz CT molecular complexity index is 130. The molecule has 0 saturated carbocycles. The number of nitrogens with one attached hydrogen (secondary N) is 1. The molecule has 0 fully saturated rings. The van der Waals surface area contributed by atoms with E-state index in [0.717, 1.165) is 0 Å². The minimum atomic E-state index is -0.0137. The maximum atomic E-state index is 11.1. The Balaban J connectivity index is 2.50. The van der Waals surface area contributed by atoms with Gasteiger partial charge in [0.1, 0.15) is 0 Å². The summed E-state index contributed by atoms with van der Waals surface area (Å²) in [5, 5.41) is 0. The lowest BCUT2D eigenvalue weighted by Crippen LogP contribution is -2.16. The molecule has 0 unspecified atom stereocenters. The molecule has 0 heterocycles. The van der Waals surface area contributed by atoms with E-state index in [0.29, 0.717) is 5.70 Å². The normalized spacial score (nSPS) is 17.9. The molecule has 3 heteroatoms. The molecule has 38 valence electrons. The van der Waals surface area contributed by atoms with Crippen molar-refractivity contribution in [3.8, 4) is 0 Å². The molecule has 0 aromatic carbocycles. The molecule has 0 spiro atoms. The first-order chi connectivity index (χ1) is 3.33. The number of hydrogen-bond donors (Lipinski definition) is 1. The Kier molecular flexibility index (Phi) is 0.817. The second-order valence-electron chi connectivity index (χ2n) is 1.41. The van der Waals surface area contributed by atoms with Gasteiger partial charge in [-0.1, -0.05) is 0 Å². The second-order valence-corrected chi connectivity index (χ2v) is 1.41. The van der Waals surface area contributed by atoms with Gasteiger partial charge < -0.3 is 0 Å². The van der Waals surface area contributed by atoms with E-state index < -0.39 is 0 Å². The SMILES string of the molecule is O=C1C=C(NF)C1.